The van der Waals surface area contributed by atoms with Gasteiger partial charge in [-0.15, -0.1) is 0 Å². The van der Waals surface area contributed by atoms with Crippen molar-refractivity contribution in [1.82, 2.24) is 0 Å². The van der Waals surface area contributed by atoms with Crippen molar-refractivity contribution in [2.45, 2.75) is 19.0 Å². The van der Waals surface area contributed by atoms with Crippen molar-refractivity contribution in [3.63, 3.8) is 0 Å². The number of carbonyl (C=O) groups is 1. The third-order valence-electron chi connectivity index (χ3n) is 3.40. The minimum absolute atomic E-state index is 0.0865. The summed E-state index contributed by atoms with van der Waals surface area (Å²) in [5.74, 6) is 0.607. The smallest absolute Gasteiger partial charge is 0.422 e. The van der Waals surface area contributed by atoms with Gasteiger partial charge in [0, 0.05) is 12.1 Å². The summed E-state index contributed by atoms with van der Waals surface area (Å²) in [6.45, 7) is -1.35. The Labute approximate surface area is 157 Å². The van der Waals surface area contributed by atoms with Crippen molar-refractivity contribution in [3.8, 4) is 11.5 Å². The van der Waals surface area contributed by atoms with Crippen LogP contribution in [0, 0.1) is 0 Å². The van der Waals surface area contributed by atoms with Crippen LogP contribution in [0.5, 0.6) is 11.5 Å². The molecule has 0 atom stereocenters. The Morgan fingerprint density at radius 1 is 1.15 bits per heavy atom. The van der Waals surface area contributed by atoms with E-state index in [0.29, 0.717) is 17.9 Å². The largest absolute Gasteiger partial charge is 0.496 e. The molecule has 0 spiro atoms. The lowest BCUT2D eigenvalue weighted by Gasteiger charge is -2.10. The van der Waals surface area contributed by atoms with Gasteiger partial charge < -0.3 is 14.8 Å². The molecular weight excluding hydrogens is 415 g/mol. The first-order valence-electron chi connectivity index (χ1n) is 7.69. The SMILES string of the molecule is COc1ccc(CCC(=O)Nc2ccc(OCC(F)(F)F)cc2)cc1Br. The van der Waals surface area contributed by atoms with Gasteiger partial charge in [0.15, 0.2) is 6.61 Å². The first-order valence-corrected chi connectivity index (χ1v) is 8.48. The lowest BCUT2D eigenvalue weighted by molar-refractivity contribution is -0.153. The Bertz CT molecular complexity index is 748. The van der Waals surface area contributed by atoms with Crippen molar-refractivity contribution in [2.75, 3.05) is 19.0 Å². The van der Waals surface area contributed by atoms with E-state index in [9.17, 15) is 18.0 Å². The number of rotatable bonds is 7. The van der Waals surface area contributed by atoms with Gasteiger partial charge in [-0.1, -0.05) is 6.07 Å². The van der Waals surface area contributed by atoms with Gasteiger partial charge in [0.2, 0.25) is 5.91 Å². The molecular formula is C18H17BrF3NO3. The van der Waals surface area contributed by atoms with E-state index in [1.807, 2.05) is 18.2 Å². The van der Waals surface area contributed by atoms with E-state index in [-0.39, 0.29) is 18.1 Å². The van der Waals surface area contributed by atoms with Crippen LogP contribution >= 0.6 is 15.9 Å². The van der Waals surface area contributed by atoms with E-state index in [4.69, 9.17) is 4.74 Å². The van der Waals surface area contributed by atoms with Gasteiger partial charge in [-0.3, -0.25) is 4.79 Å². The molecule has 1 amide bonds. The van der Waals surface area contributed by atoms with Crippen LogP contribution in [0.15, 0.2) is 46.9 Å². The molecule has 0 radical (unpaired) electrons. The molecule has 4 nitrogen and oxygen atoms in total. The van der Waals surface area contributed by atoms with Crippen LogP contribution in [0.25, 0.3) is 0 Å². The highest BCUT2D eigenvalue weighted by Gasteiger charge is 2.28. The second-order valence-corrected chi connectivity index (χ2v) is 6.30. The van der Waals surface area contributed by atoms with Gasteiger partial charge >= 0.3 is 6.18 Å². The normalized spacial score (nSPS) is 11.1. The molecule has 1 N–H and O–H groups in total. The molecule has 26 heavy (non-hydrogen) atoms. The Hall–Kier alpha value is -2.22. The summed E-state index contributed by atoms with van der Waals surface area (Å²) in [6.07, 6.45) is -3.57. The fourth-order valence-corrected chi connectivity index (χ4v) is 2.73. The molecule has 2 aromatic carbocycles. The third-order valence-corrected chi connectivity index (χ3v) is 4.02. The third kappa shape index (κ3) is 6.59. The highest BCUT2D eigenvalue weighted by atomic mass is 79.9. The number of ether oxygens (including phenoxy) is 2. The average Bonchev–Trinajstić information content (AvgIpc) is 2.59. The Morgan fingerprint density at radius 2 is 1.85 bits per heavy atom. The zero-order valence-corrected chi connectivity index (χ0v) is 15.5. The number of hydrogen-bond acceptors (Lipinski definition) is 3. The topological polar surface area (TPSA) is 47.6 Å². The summed E-state index contributed by atoms with van der Waals surface area (Å²) in [5.41, 5.74) is 1.47. The monoisotopic (exact) mass is 431 g/mol. The molecule has 0 unspecified atom stereocenters. The first kappa shape index (κ1) is 20.1. The Kier molecular flexibility index (Phi) is 6.90. The quantitative estimate of drug-likeness (QED) is 0.672. The molecule has 0 aliphatic heterocycles. The molecule has 0 aliphatic carbocycles. The maximum absolute atomic E-state index is 12.1. The maximum Gasteiger partial charge on any atom is 0.422 e. The lowest BCUT2D eigenvalue weighted by atomic mass is 10.1. The number of carbonyl (C=O) groups excluding carboxylic acids is 1. The van der Waals surface area contributed by atoms with E-state index >= 15 is 0 Å². The van der Waals surface area contributed by atoms with Gasteiger partial charge in [0.05, 0.1) is 11.6 Å². The number of alkyl halides is 3. The molecule has 0 bridgehead atoms. The van der Waals surface area contributed by atoms with Gasteiger partial charge in [0.25, 0.3) is 0 Å². The molecule has 0 aliphatic rings. The minimum Gasteiger partial charge on any atom is -0.496 e. The number of amides is 1. The number of methoxy groups -OCH3 is 1. The maximum atomic E-state index is 12.1. The van der Waals surface area contributed by atoms with Crippen LogP contribution in [-0.4, -0.2) is 25.8 Å². The number of anilines is 1. The predicted octanol–water partition coefficient (Wildman–Crippen LogP) is 4.97. The average molecular weight is 432 g/mol. The summed E-state index contributed by atoms with van der Waals surface area (Å²) in [6, 6.07) is 11.3. The van der Waals surface area contributed by atoms with E-state index in [1.165, 1.54) is 24.3 Å². The summed E-state index contributed by atoms with van der Waals surface area (Å²) < 4.78 is 46.9. The number of benzene rings is 2. The highest BCUT2D eigenvalue weighted by molar-refractivity contribution is 9.10. The van der Waals surface area contributed by atoms with Crippen LogP contribution in [-0.2, 0) is 11.2 Å². The van der Waals surface area contributed by atoms with Crippen molar-refractivity contribution in [1.29, 1.82) is 0 Å². The number of nitrogens with one attached hydrogen (secondary N) is 1. The molecule has 2 rings (SSSR count). The minimum atomic E-state index is -4.39. The Morgan fingerprint density at radius 3 is 2.42 bits per heavy atom. The summed E-state index contributed by atoms with van der Waals surface area (Å²) in [5, 5.41) is 2.70. The zero-order chi connectivity index (χ0) is 19.2. The van der Waals surface area contributed by atoms with Gasteiger partial charge in [0.1, 0.15) is 11.5 Å². The highest BCUT2D eigenvalue weighted by Crippen LogP contribution is 2.26. The molecule has 0 aromatic heterocycles. The van der Waals surface area contributed by atoms with E-state index < -0.39 is 12.8 Å². The first-order chi connectivity index (χ1) is 12.3. The van der Waals surface area contributed by atoms with Gasteiger partial charge in [-0.25, -0.2) is 0 Å². The van der Waals surface area contributed by atoms with Crippen LogP contribution in [0.1, 0.15) is 12.0 Å². The van der Waals surface area contributed by atoms with Crippen molar-refractivity contribution in [2.24, 2.45) is 0 Å². The van der Waals surface area contributed by atoms with Crippen molar-refractivity contribution in [3.05, 3.63) is 52.5 Å². The summed E-state index contributed by atoms with van der Waals surface area (Å²) >= 11 is 3.39. The van der Waals surface area contributed by atoms with Crippen LogP contribution in [0.2, 0.25) is 0 Å². The molecule has 140 valence electrons. The van der Waals surface area contributed by atoms with E-state index in [0.717, 1.165) is 10.0 Å². The van der Waals surface area contributed by atoms with Crippen molar-refractivity contribution >= 4 is 27.5 Å². The molecule has 2 aromatic rings. The number of halogens is 4. The Balaban J connectivity index is 1.83. The fraction of sp³-hybridized carbons (Fsp3) is 0.278. The molecule has 0 fully saturated rings. The molecule has 0 heterocycles. The molecule has 0 saturated heterocycles. The molecule has 8 heteroatoms. The van der Waals surface area contributed by atoms with E-state index in [2.05, 4.69) is 26.0 Å². The summed E-state index contributed by atoms with van der Waals surface area (Å²) in [4.78, 5) is 12.0. The van der Waals surface area contributed by atoms with Crippen LogP contribution in [0.3, 0.4) is 0 Å². The van der Waals surface area contributed by atoms with Crippen LogP contribution in [0.4, 0.5) is 18.9 Å². The fourth-order valence-electron chi connectivity index (χ4n) is 2.15. The van der Waals surface area contributed by atoms with Gasteiger partial charge in [-0.05, 0) is 64.3 Å². The van der Waals surface area contributed by atoms with E-state index in [1.54, 1.807) is 7.11 Å². The second-order valence-electron chi connectivity index (χ2n) is 5.45. The second kappa shape index (κ2) is 8.93. The zero-order valence-electron chi connectivity index (χ0n) is 13.9. The lowest BCUT2D eigenvalue weighted by Crippen LogP contribution is -2.19. The van der Waals surface area contributed by atoms with Crippen LogP contribution < -0.4 is 14.8 Å². The molecule has 0 saturated carbocycles. The number of aryl methyl sites for hydroxylation is 1. The van der Waals surface area contributed by atoms with Gasteiger partial charge in [-0.2, -0.15) is 13.2 Å². The summed E-state index contributed by atoms with van der Waals surface area (Å²) in [7, 11) is 1.58. The standard InChI is InChI=1S/C18H17BrF3NO3/c1-25-16-8-2-12(10-15(16)19)3-9-17(24)23-13-4-6-14(7-5-13)26-11-18(20,21)22/h2,4-8,10H,3,9,11H2,1H3,(H,23,24). The number of hydrogen-bond donors (Lipinski definition) is 1. The van der Waals surface area contributed by atoms with Crippen molar-refractivity contribution < 1.29 is 27.4 Å². The predicted molar refractivity (Wildman–Crippen MR) is 95.6 cm³/mol.